The van der Waals surface area contributed by atoms with Gasteiger partial charge in [-0.1, -0.05) is 0 Å². The van der Waals surface area contributed by atoms with Crippen LogP contribution in [0.3, 0.4) is 0 Å². The standard InChI is InChI=1S/C19H23F2N3O5.HI/c1-25-8-6-23-19(22-5-4-14-3-2-7-26-14)24-11-13-9-16-17(28-12-27-16)10-15(13)29-18(20)21;/h2-3,7,9-10,18H,4-6,8,11-12H2,1H3,(H2,22,23,24);1H. The van der Waals surface area contributed by atoms with Crippen molar-refractivity contribution in [1.82, 2.24) is 10.6 Å². The zero-order valence-electron chi connectivity index (χ0n) is 16.4. The minimum absolute atomic E-state index is 0. The van der Waals surface area contributed by atoms with Crippen LogP contribution < -0.4 is 24.8 Å². The fraction of sp³-hybridized carbons (Fsp3) is 0.421. The topological polar surface area (TPSA) is 86.5 Å². The third kappa shape index (κ3) is 7.20. The summed E-state index contributed by atoms with van der Waals surface area (Å²) in [5.74, 6) is 2.19. The first-order valence-electron chi connectivity index (χ1n) is 9.06. The maximum atomic E-state index is 12.8. The van der Waals surface area contributed by atoms with Gasteiger partial charge in [0.05, 0.1) is 19.4 Å². The third-order valence-corrected chi connectivity index (χ3v) is 4.02. The number of hydrogen-bond acceptors (Lipinski definition) is 6. The summed E-state index contributed by atoms with van der Waals surface area (Å²) in [4.78, 5) is 4.47. The fourth-order valence-electron chi connectivity index (χ4n) is 2.66. The summed E-state index contributed by atoms with van der Waals surface area (Å²) < 4.78 is 51.1. The van der Waals surface area contributed by atoms with Crippen molar-refractivity contribution in [2.75, 3.05) is 33.6 Å². The Labute approximate surface area is 189 Å². The molecular formula is C19H24F2IN3O5. The van der Waals surface area contributed by atoms with E-state index in [1.807, 2.05) is 12.1 Å². The van der Waals surface area contributed by atoms with Gasteiger partial charge < -0.3 is 34.0 Å². The molecule has 0 spiro atoms. The van der Waals surface area contributed by atoms with Gasteiger partial charge in [-0.3, -0.25) is 0 Å². The van der Waals surface area contributed by atoms with Gasteiger partial charge in [0, 0.05) is 38.2 Å². The molecule has 0 fully saturated rings. The second kappa shape index (κ2) is 12.4. The van der Waals surface area contributed by atoms with Crippen LogP contribution in [-0.2, 0) is 17.7 Å². The average Bonchev–Trinajstić information content (AvgIpc) is 3.36. The molecule has 3 rings (SSSR count). The maximum absolute atomic E-state index is 12.8. The van der Waals surface area contributed by atoms with Gasteiger partial charge in [0.1, 0.15) is 11.5 Å². The van der Waals surface area contributed by atoms with Crippen LogP contribution in [0.25, 0.3) is 0 Å². The average molecular weight is 539 g/mol. The summed E-state index contributed by atoms with van der Waals surface area (Å²) in [6, 6.07) is 6.70. The molecule has 1 aromatic heterocycles. The summed E-state index contributed by atoms with van der Waals surface area (Å²) in [7, 11) is 1.60. The molecule has 30 heavy (non-hydrogen) atoms. The van der Waals surface area contributed by atoms with Crippen molar-refractivity contribution in [2.24, 2.45) is 4.99 Å². The van der Waals surface area contributed by atoms with Crippen LogP contribution in [-0.4, -0.2) is 46.2 Å². The minimum atomic E-state index is -2.95. The number of rotatable bonds is 10. The largest absolute Gasteiger partial charge is 0.469 e. The number of nitrogens with one attached hydrogen (secondary N) is 2. The normalized spacial score (nSPS) is 12.6. The number of benzene rings is 1. The molecule has 0 unspecified atom stereocenters. The van der Waals surface area contributed by atoms with E-state index in [9.17, 15) is 8.78 Å². The van der Waals surface area contributed by atoms with Crippen LogP contribution in [0.4, 0.5) is 8.78 Å². The van der Waals surface area contributed by atoms with Gasteiger partial charge in [0.25, 0.3) is 0 Å². The summed E-state index contributed by atoms with van der Waals surface area (Å²) in [5.41, 5.74) is 0.452. The molecule has 1 aliphatic heterocycles. The van der Waals surface area contributed by atoms with Gasteiger partial charge in [0.2, 0.25) is 6.79 Å². The minimum Gasteiger partial charge on any atom is -0.469 e. The molecule has 0 amide bonds. The lowest BCUT2D eigenvalue weighted by Crippen LogP contribution is -2.40. The molecule has 2 N–H and O–H groups in total. The Bertz CT molecular complexity index is 806. The molecular weight excluding hydrogens is 515 g/mol. The molecule has 0 bridgehead atoms. The van der Waals surface area contributed by atoms with E-state index in [1.54, 1.807) is 19.4 Å². The number of aliphatic imine (C=N–C) groups is 1. The number of alkyl halides is 2. The van der Waals surface area contributed by atoms with Crippen molar-refractivity contribution in [3.05, 3.63) is 41.9 Å². The van der Waals surface area contributed by atoms with Gasteiger partial charge >= 0.3 is 6.61 Å². The van der Waals surface area contributed by atoms with Crippen LogP contribution in [0.5, 0.6) is 17.2 Å². The van der Waals surface area contributed by atoms with E-state index in [0.717, 1.165) is 5.76 Å². The van der Waals surface area contributed by atoms with Crippen molar-refractivity contribution in [2.45, 2.75) is 19.6 Å². The zero-order chi connectivity index (χ0) is 20.5. The van der Waals surface area contributed by atoms with Gasteiger partial charge in [0.15, 0.2) is 17.5 Å². The third-order valence-electron chi connectivity index (χ3n) is 4.02. The molecule has 166 valence electrons. The molecule has 1 aromatic carbocycles. The lowest BCUT2D eigenvalue weighted by atomic mass is 10.1. The van der Waals surface area contributed by atoms with Crippen LogP contribution in [0, 0.1) is 0 Å². The molecule has 11 heteroatoms. The highest BCUT2D eigenvalue weighted by atomic mass is 127. The van der Waals surface area contributed by atoms with Crippen molar-refractivity contribution < 1.29 is 32.1 Å². The first-order chi connectivity index (χ1) is 14.2. The van der Waals surface area contributed by atoms with Gasteiger partial charge in [-0.25, -0.2) is 4.99 Å². The number of halogens is 3. The molecule has 1 aliphatic rings. The number of guanidine groups is 1. The second-order valence-electron chi connectivity index (χ2n) is 6.03. The molecule has 0 radical (unpaired) electrons. The van der Waals surface area contributed by atoms with Gasteiger partial charge in [-0.2, -0.15) is 8.78 Å². The Morgan fingerprint density at radius 1 is 1.20 bits per heavy atom. The van der Waals surface area contributed by atoms with Crippen LogP contribution in [0.1, 0.15) is 11.3 Å². The van der Waals surface area contributed by atoms with E-state index in [-0.39, 0.29) is 43.1 Å². The Hall–Kier alpha value is -2.28. The predicted molar refractivity (Wildman–Crippen MR) is 116 cm³/mol. The summed E-state index contributed by atoms with van der Waals surface area (Å²) in [6.07, 6.45) is 2.28. The summed E-state index contributed by atoms with van der Waals surface area (Å²) >= 11 is 0. The molecule has 0 saturated heterocycles. The number of fused-ring (bicyclic) bond motifs is 1. The quantitative estimate of drug-likeness (QED) is 0.208. The number of ether oxygens (including phenoxy) is 4. The van der Waals surface area contributed by atoms with E-state index in [1.165, 1.54) is 6.07 Å². The Morgan fingerprint density at radius 2 is 1.97 bits per heavy atom. The van der Waals surface area contributed by atoms with Crippen molar-refractivity contribution >= 4 is 29.9 Å². The number of nitrogens with zero attached hydrogens (tertiary/aromatic N) is 1. The van der Waals surface area contributed by atoms with Gasteiger partial charge in [-0.05, 0) is 18.2 Å². The zero-order valence-corrected chi connectivity index (χ0v) is 18.7. The monoisotopic (exact) mass is 539 g/mol. The molecule has 0 saturated carbocycles. The molecule has 0 atom stereocenters. The highest BCUT2D eigenvalue weighted by Gasteiger charge is 2.20. The number of hydrogen-bond donors (Lipinski definition) is 2. The SMILES string of the molecule is COCCNC(=NCc1cc2c(cc1OC(F)F)OCO2)NCCc1ccco1.I. The fourth-order valence-corrected chi connectivity index (χ4v) is 2.66. The van der Waals surface area contributed by atoms with Gasteiger partial charge in [-0.15, -0.1) is 24.0 Å². The number of furan rings is 1. The van der Waals surface area contributed by atoms with Crippen molar-refractivity contribution in [3.63, 3.8) is 0 Å². The van der Waals surface area contributed by atoms with Crippen molar-refractivity contribution in [3.8, 4) is 17.2 Å². The van der Waals surface area contributed by atoms with E-state index in [0.29, 0.717) is 49.1 Å². The molecule has 8 nitrogen and oxygen atoms in total. The first kappa shape index (κ1) is 24.0. The van der Waals surface area contributed by atoms with Crippen LogP contribution in [0.15, 0.2) is 39.9 Å². The summed E-state index contributed by atoms with van der Waals surface area (Å²) in [5, 5.41) is 6.30. The van der Waals surface area contributed by atoms with E-state index >= 15 is 0 Å². The molecule has 2 aromatic rings. The lowest BCUT2D eigenvalue weighted by molar-refractivity contribution is -0.0505. The lowest BCUT2D eigenvalue weighted by Gasteiger charge is -2.14. The van der Waals surface area contributed by atoms with Crippen LogP contribution in [0.2, 0.25) is 0 Å². The highest BCUT2D eigenvalue weighted by molar-refractivity contribution is 14.0. The van der Waals surface area contributed by atoms with Crippen molar-refractivity contribution in [1.29, 1.82) is 0 Å². The highest BCUT2D eigenvalue weighted by Crippen LogP contribution is 2.39. The van der Waals surface area contributed by atoms with E-state index in [2.05, 4.69) is 20.4 Å². The van der Waals surface area contributed by atoms with E-state index < -0.39 is 6.61 Å². The van der Waals surface area contributed by atoms with E-state index in [4.69, 9.17) is 18.6 Å². The molecule has 0 aliphatic carbocycles. The number of methoxy groups -OCH3 is 1. The Balaban J connectivity index is 0.00000320. The van der Waals surface area contributed by atoms with Crippen LogP contribution >= 0.6 is 24.0 Å². The first-order valence-corrected chi connectivity index (χ1v) is 9.06. The Morgan fingerprint density at radius 3 is 2.67 bits per heavy atom. The molecule has 2 heterocycles. The summed E-state index contributed by atoms with van der Waals surface area (Å²) in [6.45, 7) is -1.22. The Kier molecular flexibility index (Phi) is 9.94. The maximum Gasteiger partial charge on any atom is 0.387 e. The smallest absolute Gasteiger partial charge is 0.387 e. The predicted octanol–water partition coefficient (Wildman–Crippen LogP) is 3.15. The second-order valence-corrected chi connectivity index (χ2v) is 6.03.